The van der Waals surface area contributed by atoms with Crippen LogP contribution in [0.15, 0.2) is 54.6 Å². The number of pyridine rings is 1. The molecule has 25 heavy (non-hydrogen) atoms. The lowest BCUT2D eigenvalue weighted by atomic mass is 9.98. The minimum atomic E-state index is -0.266. The van der Waals surface area contributed by atoms with Crippen molar-refractivity contribution in [3.63, 3.8) is 0 Å². The molecule has 0 radical (unpaired) electrons. The summed E-state index contributed by atoms with van der Waals surface area (Å²) in [4.78, 5) is 18.7. The molecule has 2 heterocycles. The number of anilines is 1. The van der Waals surface area contributed by atoms with Crippen molar-refractivity contribution in [1.82, 2.24) is 4.98 Å². The standard InChI is InChI=1S/C21H20N2O2/c1-25-21(24)13-17-12-20(18-8-4-5-9-19(18)22-17)23-11-10-15-6-2-3-7-16(15)14-23/h2-9,12H,10-11,13-14H2,1H3. The predicted octanol–water partition coefficient (Wildman–Crippen LogP) is 3.51. The Morgan fingerprint density at radius 2 is 1.88 bits per heavy atom. The minimum absolute atomic E-state index is 0.193. The van der Waals surface area contributed by atoms with Gasteiger partial charge in [0.15, 0.2) is 0 Å². The van der Waals surface area contributed by atoms with Gasteiger partial charge in [0.1, 0.15) is 0 Å². The summed E-state index contributed by atoms with van der Waals surface area (Å²) in [6.07, 6.45) is 1.22. The van der Waals surface area contributed by atoms with Crippen LogP contribution in [0.4, 0.5) is 5.69 Å². The summed E-state index contributed by atoms with van der Waals surface area (Å²) in [5.74, 6) is -0.266. The van der Waals surface area contributed by atoms with Crippen LogP contribution in [0, 0.1) is 0 Å². The number of para-hydroxylation sites is 1. The van der Waals surface area contributed by atoms with E-state index in [0.717, 1.165) is 41.8 Å². The van der Waals surface area contributed by atoms with Crippen molar-refractivity contribution in [2.75, 3.05) is 18.6 Å². The summed E-state index contributed by atoms with van der Waals surface area (Å²) in [7, 11) is 1.41. The Bertz CT molecular complexity index is 936. The number of hydrogen-bond donors (Lipinski definition) is 0. The Kier molecular flexibility index (Phi) is 4.10. The van der Waals surface area contributed by atoms with Crippen LogP contribution in [-0.2, 0) is 28.9 Å². The summed E-state index contributed by atoms with van der Waals surface area (Å²) >= 11 is 0. The average Bonchev–Trinajstić information content (AvgIpc) is 2.67. The van der Waals surface area contributed by atoms with Gasteiger partial charge in [0, 0.05) is 24.2 Å². The zero-order valence-corrected chi connectivity index (χ0v) is 14.2. The lowest BCUT2D eigenvalue weighted by Crippen LogP contribution is -2.30. The lowest BCUT2D eigenvalue weighted by Gasteiger charge is -2.31. The van der Waals surface area contributed by atoms with Crippen LogP contribution >= 0.6 is 0 Å². The third-order valence-electron chi connectivity index (χ3n) is 4.77. The highest BCUT2D eigenvalue weighted by Crippen LogP contribution is 2.31. The molecule has 0 aliphatic carbocycles. The molecule has 0 unspecified atom stereocenters. The van der Waals surface area contributed by atoms with Gasteiger partial charge in [0.2, 0.25) is 0 Å². The van der Waals surface area contributed by atoms with Gasteiger partial charge in [-0.2, -0.15) is 0 Å². The third-order valence-corrected chi connectivity index (χ3v) is 4.77. The maximum Gasteiger partial charge on any atom is 0.311 e. The molecule has 1 aliphatic heterocycles. The number of benzene rings is 2. The molecule has 4 rings (SSSR count). The Hall–Kier alpha value is -2.88. The minimum Gasteiger partial charge on any atom is -0.469 e. The highest BCUT2D eigenvalue weighted by Gasteiger charge is 2.19. The molecule has 0 bridgehead atoms. The number of rotatable bonds is 3. The number of methoxy groups -OCH3 is 1. The fraction of sp³-hybridized carbons (Fsp3) is 0.238. The molecular formula is C21H20N2O2. The highest BCUT2D eigenvalue weighted by molar-refractivity contribution is 5.92. The first-order valence-electron chi connectivity index (χ1n) is 8.52. The fourth-order valence-corrected chi connectivity index (χ4v) is 3.48. The highest BCUT2D eigenvalue weighted by atomic mass is 16.5. The van der Waals surface area contributed by atoms with E-state index in [-0.39, 0.29) is 12.4 Å². The van der Waals surface area contributed by atoms with Crippen molar-refractivity contribution >= 4 is 22.6 Å². The molecule has 0 saturated heterocycles. The monoisotopic (exact) mass is 332 g/mol. The van der Waals surface area contributed by atoms with E-state index in [9.17, 15) is 4.79 Å². The zero-order chi connectivity index (χ0) is 17.2. The van der Waals surface area contributed by atoms with Crippen molar-refractivity contribution < 1.29 is 9.53 Å². The normalized spacial score (nSPS) is 13.6. The third kappa shape index (κ3) is 3.07. The van der Waals surface area contributed by atoms with Gasteiger partial charge < -0.3 is 9.64 Å². The number of aromatic nitrogens is 1. The number of ether oxygens (including phenoxy) is 1. The molecule has 3 aromatic rings. The van der Waals surface area contributed by atoms with Gasteiger partial charge in [-0.25, -0.2) is 0 Å². The first-order chi connectivity index (χ1) is 12.2. The molecule has 1 aromatic heterocycles. The SMILES string of the molecule is COC(=O)Cc1cc(N2CCc3ccccc3C2)c2ccccc2n1. The van der Waals surface area contributed by atoms with Crippen molar-refractivity contribution in [2.24, 2.45) is 0 Å². The number of fused-ring (bicyclic) bond motifs is 2. The van der Waals surface area contributed by atoms with E-state index in [1.165, 1.54) is 18.2 Å². The second-order valence-electron chi connectivity index (χ2n) is 6.34. The van der Waals surface area contributed by atoms with Crippen molar-refractivity contribution in [2.45, 2.75) is 19.4 Å². The number of esters is 1. The molecule has 0 N–H and O–H groups in total. The number of hydrogen-bond acceptors (Lipinski definition) is 4. The average molecular weight is 332 g/mol. The molecule has 0 atom stereocenters. The van der Waals surface area contributed by atoms with E-state index in [1.807, 2.05) is 24.3 Å². The summed E-state index contributed by atoms with van der Waals surface area (Å²) in [6, 6.07) is 18.7. The van der Waals surface area contributed by atoms with E-state index in [1.54, 1.807) is 0 Å². The van der Waals surface area contributed by atoms with Gasteiger partial charge >= 0.3 is 5.97 Å². The van der Waals surface area contributed by atoms with Crippen LogP contribution in [0.5, 0.6) is 0 Å². The maximum absolute atomic E-state index is 11.7. The van der Waals surface area contributed by atoms with E-state index in [2.05, 4.69) is 40.2 Å². The summed E-state index contributed by atoms with van der Waals surface area (Å²) in [6.45, 7) is 1.84. The number of carbonyl (C=O) groups is 1. The van der Waals surface area contributed by atoms with Crippen LogP contribution in [0.25, 0.3) is 10.9 Å². The molecule has 2 aromatic carbocycles. The number of nitrogens with zero attached hydrogens (tertiary/aromatic N) is 2. The van der Waals surface area contributed by atoms with Crippen LogP contribution in [0.3, 0.4) is 0 Å². The molecule has 0 saturated carbocycles. The van der Waals surface area contributed by atoms with Gasteiger partial charge in [-0.15, -0.1) is 0 Å². The Morgan fingerprint density at radius 3 is 2.72 bits per heavy atom. The summed E-state index contributed by atoms with van der Waals surface area (Å²) in [5, 5.41) is 1.12. The quantitative estimate of drug-likeness (QED) is 0.688. The molecule has 0 fully saturated rings. The largest absolute Gasteiger partial charge is 0.469 e. The predicted molar refractivity (Wildman–Crippen MR) is 98.7 cm³/mol. The molecular weight excluding hydrogens is 312 g/mol. The smallest absolute Gasteiger partial charge is 0.311 e. The Morgan fingerprint density at radius 1 is 1.12 bits per heavy atom. The van der Waals surface area contributed by atoms with Crippen molar-refractivity contribution in [3.05, 3.63) is 71.4 Å². The van der Waals surface area contributed by atoms with Gasteiger partial charge in [0.25, 0.3) is 0 Å². The molecule has 126 valence electrons. The zero-order valence-electron chi connectivity index (χ0n) is 14.2. The van der Waals surface area contributed by atoms with Gasteiger partial charge in [-0.1, -0.05) is 42.5 Å². The summed E-state index contributed by atoms with van der Waals surface area (Å²) < 4.78 is 4.81. The first kappa shape index (κ1) is 15.6. The summed E-state index contributed by atoms with van der Waals surface area (Å²) in [5.41, 5.74) is 5.59. The van der Waals surface area contributed by atoms with E-state index in [0.29, 0.717) is 0 Å². The van der Waals surface area contributed by atoms with E-state index in [4.69, 9.17) is 4.74 Å². The topological polar surface area (TPSA) is 42.4 Å². The van der Waals surface area contributed by atoms with E-state index >= 15 is 0 Å². The Balaban J connectivity index is 1.76. The van der Waals surface area contributed by atoms with Crippen LogP contribution in [-0.4, -0.2) is 24.6 Å². The molecule has 0 amide bonds. The second-order valence-corrected chi connectivity index (χ2v) is 6.34. The van der Waals surface area contributed by atoms with Gasteiger partial charge in [-0.05, 0) is 29.7 Å². The molecule has 0 spiro atoms. The lowest BCUT2D eigenvalue weighted by molar-refractivity contribution is -0.139. The van der Waals surface area contributed by atoms with Crippen LogP contribution in [0.2, 0.25) is 0 Å². The Labute approximate surface area is 147 Å². The van der Waals surface area contributed by atoms with E-state index < -0.39 is 0 Å². The van der Waals surface area contributed by atoms with Crippen LogP contribution in [0.1, 0.15) is 16.8 Å². The van der Waals surface area contributed by atoms with Crippen LogP contribution < -0.4 is 4.90 Å². The molecule has 4 heteroatoms. The molecule has 4 nitrogen and oxygen atoms in total. The number of carbonyl (C=O) groups excluding carboxylic acids is 1. The van der Waals surface area contributed by atoms with Gasteiger partial charge in [-0.3, -0.25) is 9.78 Å². The second kappa shape index (κ2) is 6.55. The first-order valence-corrected chi connectivity index (χ1v) is 8.52. The fourth-order valence-electron chi connectivity index (χ4n) is 3.48. The van der Waals surface area contributed by atoms with Crippen molar-refractivity contribution in [3.8, 4) is 0 Å². The van der Waals surface area contributed by atoms with Gasteiger partial charge in [0.05, 0.1) is 24.7 Å². The maximum atomic E-state index is 11.7. The molecule has 1 aliphatic rings. The van der Waals surface area contributed by atoms with Crippen molar-refractivity contribution in [1.29, 1.82) is 0 Å².